The number of aryl methyl sites for hydroxylation is 1. The van der Waals surface area contributed by atoms with Crippen LogP contribution in [0, 0.1) is 6.92 Å². The SMILES string of the molecule is Cc1ccc(CC(C)NC(=O)c2ccc(Br)c(Cl)c2)s1. The molecular weight excluding hydrogens is 358 g/mol. The van der Waals surface area contributed by atoms with Crippen LogP contribution in [0.15, 0.2) is 34.8 Å². The first-order chi connectivity index (χ1) is 9.45. The van der Waals surface area contributed by atoms with Gasteiger partial charge in [-0.1, -0.05) is 11.6 Å². The van der Waals surface area contributed by atoms with Gasteiger partial charge >= 0.3 is 0 Å². The lowest BCUT2D eigenvalue weighted by Gasteiger charge is -2.13. The Kier molecular flexibility index (Phi) is 5.24. The molecule has 0 fully saturated rings. The number of amides is 1. The van der Waals surface area contributed by atoms with Gasteiger partial charge in [-0.05, 0) is 60.1 Å². The molecule has 20 heavy (non-hydrogen) atoms. The smallest absolute Gasteiger partial charge is 0.251 e. The molecule has 1 aromatic carbocycles. The van der Waals surface area contributed by atoms with Gasteiger partial charge in [-0.2, -0.15) is 0 Å². The minimum atomic E-state index is -0.0971. The minimum absolute atomic E-state index is 0.0861. The van der Waals surface area contributed by atoms with Crippen molar-refractivity contribution in [3.8, 4) is 0 Å². The Morgan fingerprint density at radius 2 is 2.15 bits per heavy atom. The van der Waals surface area contributed by atoms with Crippen molar-refractivity contribution in [2.24, 2.45) is 0 Å². The zero-order valence-electron chi connectivity index (χ0n) is 11.2. The predicted octanol–water partition coefficient (Wildman–Crippen LogP) is 4.83. The largest absolute Gasteiger partial charge is 0.349 e. The van der Waals surface area contributed by atoms with Gasteiger partial charge in [0.2, 0.25) is 0 Å². The van der Waals surface area contributed by atoms with Gasteiger partial charge in [0.25, 0.3) is 5.91 Å². The third-order valence-electron chi connectivity index (χ3n) is 2.86. The summed E-state index contributed by atoms with van der Waals surface area (Å²) in [4.78, 5) is 14.7. The van der Waals surface area contributed by atoms with Gasteiger partial charge < -0.3 is 5.32 Å². The second-order valence-electron chi connectivity index (χ2n) is 4.72. The van der Waals surface area contributed by atoms with Crippen molar-refractivity contribution in [3.05, 3.63) is 55.1 Å². The summed E-state index contributed by atoms with van der Waals surface area (Å²) >= 11 is 11.1. The molecule has 2 rings (SSSR count). The van der Waals surface area contributed by atoms with Crippen LogP contribution in [0.25, 0.3) is 0 Å². The van der Waals surface area contributed by atoms with E-state index in [4.69, 9.17) is 11.6 Å². The Morgan fingerprint density at radius 1 is 1.40 bits per heavy atom. The van der Waals surface area contributed by atoms with Crippen LogP contribution < -0.4 is 5.32 Å². The monoisotopic (exact) mass is 371 g/mol. The molecular formula is C15H15BrClNOS. The predicted molar refractivity (Wildman–Crippen MR) is 88.8 cm³/mol. The first-order valence-corrected chi connectivity index (χ1v) is 8.25. The third kappa shape index (κ3) is 4.08. The second-order valence-corrected chi connectivity index (χ2v) is 7.35. The number of hydrogen-bond acceptors (Lipinski definition) is 2. The lowest BCUT2D eigenvalue weighted by atomic mass is 10.1. The molecule has 0 saturated carbocycles. The molecule has 1 N–H and O–H groups in total. The molecule has 5 heteroatoms. The standard InChI is InChI=1S/C15H15BrClNOS/c1-9(7-12-5-3-10(2)20-12)18-15(19)11-4-6-13(16)14(17)8-11/h3-6,8-9H,7H2,1-2H3,(H,18,19). The highest BCUT2D eigenvalue weighted by Gasteiger charge is 2.12. The highest BCUT2D eigenvalue weighted by Crippen LogP contribution is 2.23. The maximum atomic E-state index is 12.1. The van der Waals surface area contributed by atoms with Gasteiger partial charge in [0, 0.05) is 32.3 Å². The Morgan fingerprint density at radius 3 is 2.75 bits per heavy atom. The molecule has 1 amide bonds. The van der Waals surface area contributed by atoms with E-state index in [9.17, 15) is 4.79 Å². The fourth-order valence-corrected chi connectivity index (χ4v) is 3.34. The first kappa shape index (κ1) is 15.5. The van der Waals surface area contributed by atoms with Crippen LogP contribution in [-0.2, 0) is 6.42 Å². The molecule has 1 aromatic heterocycles. The fraction of sp³-hybridized carbons (Fsp3) is 0.267. The number of halogens is 2. The normalized spacial score (nSPS) is 12.2. The van der Waals surface area contributed by atoms with Crippen LogP contribution in [0.3, 0.4) is 0 Å². The van der Waals surface area contributed by atoms with Gasteiger partial charge in [0.15, 0.2) is 0 Å². The number of benzene rings is 1. The highest BCUT2D eigenvalue weighted by atomic mass is 79.9. The van der Waals surface area contributed by atoms with Crippen LogP contribution in [0.2, 0.25) is 5.02 Å². The molecule has 0 spiro atoms. The Labute approximate surface area is 136 Å². The van der Waals surface area contributed by atoms with Gasteiger partial charge in [-0.3, -0.25) is 4.79 Å². The quantitative estimate of drug-likeness (QED) is 0.818. The topological polar surface area (TPSA) is 29.1 Å². The average Bonchev–Trinajstić information content (AvgIpc) is 2.77. The summed E-state index contributed by atoms with van der Waals surface area (Å²) in [5, 5.41) is 3.54. The number of nitrogens with one attached hydrogen (secondary N) is 1. The van der Waals surface area contributed by atoms with Crippen LogP contribution >= 0.6 is 38.9 Å². The highest BCUT2D eigenvalue weighted by molar-refractivity contribution is 9.10. The lowest BCUT2D eigenvalue weighted by Crippen LogP contribution is -2.33. The van der Waals surface area contributed by atoms with Gasteiger partial charge in [0.1, 0.15) is 0 Å². The molecule has 2 aromatic rings. The number of rotatable bonds is 4. The Balaban J connectivity index is 1.98. The van der Waals surface area contributed by atoms with Crippen molar-refractivity contribution >= 4 is 44.8 Å². The van der Waals surface area contributed by atoms with Crippen LogP contribution in [-0.4, -0.2) is 11.9 Å². The van der Waals surface area contributed by atoms with E-state index in [2.05, 4.69) is 40.3 Å². The molecule has 106 valence electrons. The van der Waals surface area contributed by atoms with E-state index in [-0.39, 0.29) is 11.9 Å². The summed E-state index contributed by atoms with van der Waals surface area (Å²) in [6.45, 7) is 4.09. The van der Waals surface area contributed by atoms with E-state index in [1.54, 1.807) is 29.5 Å². The summed E-state index contributed by atoms with van der Waals surface area (Å²) in [5.41, 5.74) is 0.576. The number of thiophene rings is 1. The van der Waals surface area contributed by atoms with E-state index >= 15 is 0 Å². The molecule has 1 heterocycles. The maximum absolute atomic E-state index is 12.1. The van der Waals surface area contributed by atoms with Gasteiger partial charge in [0.05, 0.1) is 5.02 Å². The van der Waals surface area contributed by atoms with Crippen molar-refractivity contribution in [1.82, 2.24) is 5.32 Å². The number of carbonyl (C=O) groups is 1. The fourth-order valence-electron chi connectivity index (χ4n) is 1.89. The second kappa shape index (κ2) is 6.74. The van der Waals surface area contributed by atoms with E-state index in [1.807, 2.05) is 6.92 Å². The molecule has 2 nitrogen and oxygen atoms in total. The van der Waals surface area contributed by atoms with Crippen molar-refractivity contribution < 1.29 is 4.79 Å². The molecule has 1 unspecified atom stereocenters. The van der Waals surface area contributed by atoms with Crippen molar-refractivity contribution in [2.45, 2.75) is 26.3 Å². The number of hydrogen-bond donors (Lipinski definition) is 1. The lowest BCUT2D eigenvalue weighted by molar-refractivity contribution is 0.0940. The van der Waals surface area contributed by atoms with Crippen LogP contribution in [0.4, 0.5) is 0 Å². The van der Waals surface area contributed by atoms with E-state index in [0.29, 0.717) is 10.6 Å². The molecule has 0 bridgehead atoms. The molecule has 0 aliphatic rings. The summed E-state index contributed by atoms with van der Waals surface area (Å²) in [6, 6.07) is 9.51. The first-order valence-electron chi connectivity index (χ1n) is 6.27. The van der Waals surface area contributed by atoms with Crippen LogP contribution in [0.1, 0.15) is 27.0 Å². The minimum Gasteiger partial charge on any atom is -0.349 e. The summed E-state index contributed by atoms with van der Waals surface area (Å²) in [7, 11) is 0. The Hall–Kier alpha value is -0.840. The average molecular weight is 373 g/mol. The van der Waals surface area contributed by atoms with E-state index in [0.717, 1.165) is 10.9 Å². The van der Waals surface area contributed by atoms with Crippen LogP contribution in [0.5, 0.6) is 0 Å². The van der Waals surface area contributed by atoms with Crippen molar-refractivity contribution in [2.75, 3.05) is 0 Å². The van der Waals surface area contributed by atoms with Gasteiger partial charge in [-0.15, -0.1) is 11.3 Å². The maximum Gasteiger partial charge on any atom is 0.251 e. The van der Waals surface area contributed by atoms with Crippen molar-refractivity contribution in [1.29, 1.82) is 0 Å². The zero-order chi connectivity index (χ0) is 14.7. The molecule has 0 aliphatic heterocycles. The third-order valence-corrected chi connectivity index (χ3v) is 5.12. The molecule has 0 aliphatic carbocycles. The van der Waals surface area contributed by atoms with E-state index in [1.165, 1.54) is 9.75 Å². The van der Waals surface area contributed by atoms with E-state index < -0.39 is 0 Å². The summed E-state index contributed by atoms with van der Waals surface area (Å²) in [6.07, 6.45) is 0.842. The molecule has 0 radical (unpaired) electrons. The zero-order valence-corrected chi connectivity index (χ0v) is 14.4. The molecule has 0 saturated heterocycles. The summed E-state index contributed by atoms with van der Waals surface area (Å²) < 4.78 is 0.790. The van der Waals surface area contributed by atoms with Gasteiger partial charge in [-0.25, -0.2) is 0 Å². The summed E-state index contributed by atoms with van der Waals surface area (Å²) in [5.74, 6) is -0.0971. The number of carbonyl (C=O) groups excluding carboxylic acids is 1. The molecule has 1 atom stereocenters. The van der Waals surface area contributed by atoms with Crippen molar-refractivity contribution in [3.63, 3.8) is 0 Å². The Bertz CT molecular complexity index is 626.